The Balaban J connectivity index is 2.38. The summed E-state index contributed by atoms with van der Waals surface area (Å²) in [5, 5.41) is 11.6. The van der Waals surface area contributed by atoms with Crippen molar-refractivity contribution in [1.82, 2.24) is 0 Å². The third-order valence-corrected chi connectivity index (χ3v) is 2.98. The molecule has 0 fully saturated rings. The molecule has 0 aliphatic heterocycles. The lowest BCUT2D eigenvalue weighted by molar-refractivity contribution is -0.136. The van der Waals surface area contributed by atoms with Crippen molar-refractivity contribution >= 4 is 17.3 Å². The zero-order chi connectivity index (χ0) is 15.6. The molecule has 0 aliphatic rings. The largest absolute Gasteiger partial charge is 0.478 e. The number of hydrogen-bond donors (Lipinski definition) is 2. The Hall–Kier alpha value is -2.50. The lowest BCUT2D eigenvalue weighted by atomic mass is 10.1. The van der Waals surface area contributed by atoms with Crippen LogP contribution in [0.25, 0.3) is 0 Å². The molecule has 0 spiro atoms. The summed E-state index contributed by atoms with van der Waals surface area (Å²) >= 11 is 0. The number of aromatic carboxylic acids is 1. The number of benzene rings is 2. The lowest BCUT2D eigenvalue weighted by Gasteiger charge is -2.16. The predicted octanol–water partition coefficient (Wildman–Crippen LogP) is 4.46. The summed E-state index contributed by atoms with van der Waals surface area (Å²) in [4.78, 5) is 10.8. The fraction of sp³-hybridized carbons (Fsp3) is 0.133. The topological polar surface area (TPSA) is 49.3 Å². The van der Waals surface area contributed by atoms with E-state index in [9.17, 15) is 18.0 Å². The Labute approximate surface area is 119 Å². The van der Waals surface area contributed by atoms with E-state index in [0.717, 1.165) is 6.07 Å². The van der Waals surface area contributed by atoms with Gasteiger partial charge in [-0.25, -0.2) is 4.79 Å². The van der Waals surface area contributed by atoms with Crippen molar-refractivity contribution in [2.45, 2.75) is 13.1 Å². The van der Waals surface area contributed by atoms with Gasteiger partial charge in [0.25, 0.3) is 0 Å². The number of carboxylic acid groups (broad SMARTS) is 1. The van der Waals surface area contributed by atoms with E-state index in [4.69, 9.17) is 5.11 Å². The number of aryl methyl sites for hydroxylation is 1. The molecule has 6 heteroatoms. The fourth-order valence-electron chi connectivity index (χ4n) is 1.92. The molecule has 0 radical (unpaired) electrons. The molecule has 2 aromatic carbocycles. The first-order valence-corrected chi connectivity index (χ1v) is 6.06. The Morgan fingerprint density at radius 3 is 2.33 bits per heavy atom. The van der Waals surface area contributed by atoms with Gasteiger partial charge in [-0.05, 0) is 42.8 Å². The summed E-state index contributed by atoms with van der Waals surface area (Å²) in [6.07, 6.45) is -4.46. The minimum absolute atomic E-state index is 0.0730. The second-order valence-corrected chi connectivity index (χ2v) is 4.50. The van der Waals surface area contributed by atoms with Crippen molar-refractivity contribution in [1.29, 1.82) is 0 Å². The summed E-state index contributed by atoms with van der Waals surface area (Å²) in [5.74, 6) is -1.08. The van der Waals surface area contributed by atoms with Crippen molar-refractivity contribution in [3.63, 3.8) is 0 Å². The highest BCUT2D eigenvalue weighted by molar-refractivity contribution is 5.88. The second-order valence-electron chi connectivity index (χ2n) is 4.50. The molecule has 2 N–H and O–H groups in total. The van der Waals surface area contributed by atoms with Gasteiger partial charge >= 0.3 is 12.1 Å². The van der Waals surface area contributed by atoms with Crippen LogP contribution in [0.5, 0.6) is 0 Å². The maximum Gasteiger partial charge on any atom is 0.418 e. The molecule has 0 heterocycles. The molecular formula is C15H12F3NO2. The van der Waals surface area contributed by atoms with E-state index in [-0.39, 0.29) is 11.3 Å². The molecule has 2 rings (SSSR count). The van der Waals surface area contributed by atoms with Gasteiger partial charge in [0.1, 0.15) is 0 Å². The highest BCUT2D eigenvalue weighted by atomic mass is 19.4. The maximum absolute atomic E-state index is 12.9. The summed E-state index contributed by atoms with van der Waals surface area (Å²) in [7, 11) is 0. The average Bonchev–Trinajstić information content (AvgIpc) is 2.40. The zero-order valence-corrected chi connectivity index (χ0v) is 11.0. The summed E-state index contributed by atoms with van der Waals surface area (Å²) in [5.41, 5.74) is 0.216. The molecule has 0 aromatic heterocycles. The van der Waals surface area contributed by atoms with Crippen molar-refractivity contribution < 1.29 is 23.1 Å². The van der Waals surface area contributed by atoms with E-state index in [0.29, 0.717) is 11.3 Å². The first kappa shape index (κ1) is 14.9. The van der Waals surface area contributed by atoms with Gasteiger partial charge in [0.15, 0.2) is 0 Å². The number of alkyl halides is 3. The van der Waals surface area contributed by atoms with Crippen LogP contribution in [-0.4, -0.2) is 11.1 Å². The highest BCUT2D eigenvalue weighted by Gasteiger charge is 2.33. The van der Waals surface area contributed by atoms with E-state index < -0.39 is 17.7 Å². The first-order chi connectivity index (χ1) is 9.79. The third-order valence-electron chi connectivity index (χ3n) is 2.98. The number of carbonyl (C=O) groups is 1. The van der Waals surface area contributed by atoms with Crippen LogP contribution >= 0.6 is 0 Å². The van der Waals surface area contributed by atoms with Crippen LogP contribution in [0.3, 0.4) is 0 Å². The van der Waals surface area contributed by atoms with Crippen molar-refractivity contribution in [3.05, 3.63) is 59.2 Å². The normalized spacial score (nSPS) is 11.2. The fourth-order valence-corrected chi connectivity index (χ4v) is 1.92. The van der Waals surface area contributed by atoms with Gasteiger partial charge in [0.05, 0.1) is 16.8 Å². The van der Waals surface area contributed by atoms with Crippen molar-refractivity contribution in [2.24, 2.45) is 0 Å². The van der Waals surface area contributed by atoms with Gasteiger partial charge in [-0.1, -0.05) is 12.1 Å². The number of para-hydroxylation sites is 1. The van der Waals surface area contributed by atoms with E-state index in [1.807, 2.05) is 0 Å². The van der Waals surface area contributed by atoms with Crippen molar-refractivity contribution in [3.8, 4) is 0 Å². The van der Waals surface area contributed by atoms with E-state index >= 15 is 0 Å². The number of halogens is 3. The van der Waals surface area contributed by atoms with Gasteiger partial charge in [-0.2, -0.15) is 13.2 Å². The second kappa shape index (κ2) is 5.47. The molecular weight excluding hydrogens is 283 g/mol. The highest BCUT2D eigenvalue weighted by Crippen LogP contribution is 2.36. The standard InChI is InChI=1S/C15H12F3NO2/c1-9-8-10(14(20)21)6-7-12(9)19-13-5-3-2-4-11(13)15(16,17)18/h2-8,19H,1H3,(H,20,21). The molecule has 0 saturated carbocycles. The predicted molar refractivity (Wildman–Crippen MR) is 72.9 cm³/mol. The molecule has 0 aliphatic carbocycles. The number of hydrogen-bond acceptors (Lipinski definition) is 2. The summed E-state index contributed by atoms with van der Waals surface area (Å²) in [6.45, 7) is 1.63. The molecule has 0 unspecified atom stereocenters. The van der Waals surface area contributed by atoms with Gasteiger partial charge in [0, 0.05) is 5.69 Å². The Morgan fingerprint density at radius 1 is 1.10 bits per heavy atom. The molecule has 3 nitrogen and oxygen atoms in total. The van der Waals surface area contributed by atoms with Crippen LogP contribution in [0.15, 0.2) is 42.5 Å². The van der Waals surface area contributed by atoms with Gasteiger partial charge in [0.2, 0.25) is 0 Å². The SMILES string of the molecule is Cc1cc(C(=O)O)ccc1Nc1ccccc1C(F)(F)F. The van der Waals surface area contributed by atoms with Crippen molar-refractivity contribution in [2.75, 3.05) is 5.32 Å². The summed E-state index contributed by atoms with van der Waals surface area (Å²) in [6, 6.07) is 9.32. The molecule has 0 amide bonds. The van der Waals surface area contributed by atoms with E-state index in [2.05, 4.69) is 5.32 Å². The maximum atomic E-state index is 12.9. The molecule has 21 heavy (non-hydrogen) atoms. The number of carboxylic acids is 1. The van der Waals surface area contributed by atoms with Crippen LogP contribution in [0.2, 0.25) is 0 Å². The minimum Gasteiger partial charge on any atom is -0.478 e. The molecule has 0 atom stereocenters. The summed E-state index contributed by atoms with van der Waals surface area (Å²) < 4.78 is 38.7. The molecule has 0 bridgehead atoms. The minimum atomic E-state index is -4.46. The monoisotopic (exact) mass is 295 g/mol. The van der Waals surface area contributed by atoms with Crippen LogP contribution in [0, 0.1) is 6.92 Å². The van der Waals surface area contributed by atoms with Crippen LogP contribution in [0.4, 0.5) is 24.5 Å². The Morgan fingerprint density at radius 2 is 1.76 bits per heavy atom. The number of anilines is 2. The number of nitrogens with one attached hydrogen (secondary N) is 1. The zero-order valence-electron chi connectivity index (χ0n) is 11.0. The molecule has 2 aromatic rings. The van der Waals surface area contributed by atoms with Crippen LogP contribution < -0.4 is 5.32 Å². The Kier molecular flexibility index (Phi) is 3.88. The average molecular weight is 295 g/mol. The first-order valence-electron chi connectivity index (χ1n) is 6.06. The van der Waals surface area contributed by atoms with Crippen LogP contribution in [-0.2, 0) is 6.18 Å². The van der Waals surface area contributed by atoms with Gasteiger partial charge < -0.3 is 10.4 Å². The van der Waals surface area contributed by atoms with Crippen LogP contribution in [0.1, 0.15) is 21.5 Å². The third kappa shape index (κ3) is 3.34. The van der Waals surface area contributed by atoms with E-state index in [1.165, 1.54) is 36.4 Å². The smallest absolute Gasteiger partial charge is 0.418 e. The van der Waals surface area contributed by atoms with Gasteiger partial charge in [-0.15, -0.1) is 0 Å². The number of rotatable bonds is 3. The van der Waals surface area contributed by atoms with E-state index in [1.54, 1.807) is 6.92 Å². The molecule has 110 valence electrons. The quantitative estimate of drug-likeness (QED) is 0.879. The van der Waals surface area contributed by atoms with Gasteiger partial charge in [-0.3, -0.25) is 0 Å². The Bertz CT molecular complexity index is 681. The lowest BCUT2D eigenvalue weighted by Crippen LogP contribution is -2.09. The molecule has 0 saturated heterocycles.